The summed E-state index contributed by atoms with van der Waals surface area (Å²) in [6, 6.07) is 5.45. The second kappa shape index (κ2) is 8.63. The van der Waals surface area contributed by atoms with Crippen LogP contribution in [-0.2, 0) is 4.79 Å². The maximum absolute atomic E-state index is 12.9. The van der Waals surface area contributed by atoms with E-state index in [-0.39, 0.29) is 35.5 Å². The highest BCUT2D eigenvalue weighted by Gasteiger charge is 2.39. The first-order valence-electron chi connectivity index (χ1n) is 8.60. The van der Waals surface area contributed by atoms with Crippen molar-refractivity contribution in [2.24, 2.45) is 5.41 Å². The van der Waals surface area contributed by atoms with Crippen LogP contribution >= 0.6 is 12.4 Å². The summed E-state index contributed by atoms with van der Waals surface area (Å²) in [6.45, 7) is 3.77. The molecule has 2 aliphatic rings. The zero-order valence-electron chi connectivity index (χ0n) is 14.2. The van der Waals surface area contributed by atoms with Crippen LogP contribution in [0, 0.1) is 11.2 Å². The summed E-state index contributed by atoms with van der Waals surface area (Å²) in [4.78, 5) is 26.1. The number of likely N-dealkylation sites (tertiary alicyclic amines) is 1. The van der Waals surface area contributed by atoms with Crippen molar-refractivity contribution in [3.8, 4) is 0 Å². The Hall–Kier alpha value is -1.66. The summed E-state index contributed by atoms with van der Waals surface area (Å²) in [5.74, 6) is -0.427. The van der Waals surface area contributed by atoms with Crippen LogP contribution in [0.3, 0.4) is 0 Å². The van der Waals surface area contributed by atoms with E-state index >= 15 is 0 Å². The van der Waals surface area contributed by atoms with Gasteiger partial charge in [0.05, 0.1) is 0 Å². The number of piperidine rings is 2. The van der Waals surface area contributed by atoms with Crippen molar-refractivity contribution in [1.29, 1.82) is 0 Å². The Morgan fingerprint density at radius 3 is 2.56 bits per heavy atom. The fourth-order valence-electron chi connectivity index (χ4n) is 3.68. The average molecular weight is 370 g/mol. The molecule has 0 unspecified atom stereocenters. The number of hydrogen-bond acceptors (Lipinski definition) is 3. The van der Waals surface area contributed by atoms with Gasteiger partial charge in [-0.3, -0.25) is 9.59 Å². The molecule has 1 aromatic rings. The molecule has 7 heteroatoms. The Labute approximate surface area is 153 Å². The van der Waals surface area contributed by atoms with Crippen molar-refractivity contribution in [2.75, 3.05) is 32.7 Å². The molecular formula is C18H25ClFN3O2. The quantitative estimate of drug-likeness (QED) is 0.853. The lowest BCUT2D eigenvalue weighted by Crippen LogP contribution is -2.52. The molecule has 3 rings (SSSR count). The minimum atomic E-state index is -0.363. The zero-order valence-corrected chi connectivity index (χ0v) is 15.0. The molecule has 1 aromatic carbocycles. The third-order valence-corrected chi connectivity index (χ3v) is 5.19. The first-order chi connectivity index (χ1) is 11.6. The summed E-state index contributed by atoms with van der Waals surface area (Å²) in [5, 5.41) is 6.19. The van der Waals surface area contributed by atoms with Crippen LogP contribution in [0.5, 0.6) is 0 Å². The predicted molar refractivity (Wildman–Crippen MR) is 96.3 cm³/mol. The van der Waals surface area contributed by atoms with Gasteiger partial charge in [-0.25, -0.2) is 4.39 Å². The van der Waals surface area contributed by atoms with Crippen LogP contribution in [0.15, 0.2) is 24.3 Å². The number of nitrogens with zero attached hydrogens (tertiary/aromatic N) is 1. The molecule has 0 aromatic heterocycles. The predicted octanol–water partition coefficient (Wildman–Crippen LogP) is 1.97. The largest absolute Gasteiger partial charge is 0.350 e. The summed E-state index contributed by atoms with van der Waals surface area (Å²) >= 11 is 0. The van der Waals surface area contributed by atoms with E-state index in [1.54, 1.807) is 0 Å². The Bertz CT molecular complexity index is 603. The third-order valence-electron chi connectivity index (χ3n) is 5.19. The van der Waals surface area contributed by atoms with E-state index in [1.165, 1.54) is 24.3 Å². The van der Waals surface area contributed by atoms with Gasteiger partial charge in [0.25, 0.3) is 5.91 Å². The first-order valence-corrected chi connectivity index (χ1v) is 8.60. The smallest absolute Gasteiger partial charge is 0.251 e. The lowest BCUT2D eigenvalue weighted by atomic mass is 9.73. The van der Waals surface area contributed by atoms with Crippen LogP contribution in [0.25, 0.3) is 0 Å². The highest BCUT2D eigenvalue weighted by molar-refractivity contribution is 5.94. The minimum absolute atomic E-state index is 0. The number of rotatable bonds is 4. The molecule has 0 radical (unpaired) electrons. The minimum Gasteiger partial charge on any atom is -0.350 e. The van der Waals surface area contributed by atoms with Crippen molar-refractivity contribution in [3.05, 3.63) is 35.6 Å². The van der Waals surface area contributed by atoms with Gasteiger partial charge in [-0.15, -0.1) is 12.4 Å². The molecular weight excluding hydrogens is 345 g/mol. The van der Waals surface area contributed by atoms with Crippen molar-refractivity contribution in [2.45, 2.75) is 25.7 Å². The number of halogens is 2. The van der Waals surface area contributed by atoms with Gasteiger partial charge >= 0.3 is 0 Å². The number of carbonyl (C=O) groups is 2. The summed E-state index contributed by atoms with van der Waals surface area (Å²) in [6.07, 6.45) is 3.80. The maximum atomic E-state index is 12.9. The summed E-state index contributed by atoms with van der Waals surface area (Å²) in [5.41, 5.74) is 0.677. The highest BCUT2D eigenvalue weighted by atomic mass is 35.5. The Balaban J connectivity index is 0.00000225. The molecule has 0 saturated carbocycles. The molecule has 0 bridgehead atoms. The molecule has 1 spiro atoms. The normalized spacial score (nSPS) is 19.4. The third kappa shape index (κ3) is 4.92. The van der Waals surface area contributed by atoms with Gasteiger partial charge in [-0.05, 0) is 62.0 Å². The zero-order chi connectivity index (χ0) is 17.0. The number of benzene rings is 1. The van der Waals surface area contributed by atoms with Crippen molar-refractivity contribution < 1.29 is 14.0 Å². The number of hydrogen-bond donors (Lipinski definition) is 2. The van der Waals surface area contributed by atoms with Gasteiger partial charge in [0.1, 0.15) is 5.82 Å². The molecule has 2 fully saturated rings. The lowest BCUT2D eigenvalue weighted by Gasteiger charge is -2.45. The SMILES string of the molecule is Cl.O=C(NCCN1CC2(CCNCC2)CCC1=O)c1ccc(F)cc1. The van der Waals surface area contributed by atoms with Crippen LogP contribution in [-0.4, -0.2) is 49.4 Å². The molecule has 2 N–H and O–H groups in total. The molecule has 25 heavy (non-hydrogen) atoms. The number of nitrogens with one attached hydrogen (secondary N) is 2. The molecule has 5 nitrogen and oxygen atoms in total. The van der Waals surface area contributed by atoms with E-state index in [2.05, 4.69) is 10.6 Å². The Kier molecular flexibility index (Phi) is 6.79. The number of amides is 2. The van der Waals surface area contributed by atoms with E-state index in [1.807, 2.05) is 4.90 Å². The standard InChI is InChI=1S/C18H24FN3O2.ClH/c19-15-3-1-14(2-4-15)17(24)21-11-12-22-13-18(6-5-16(22)23)7-9-20-10-8-18;/h1-4,20H,5-13H2,(H,21,24);1H. The second-order valence-corrected chi connectivity index (χ2v) is 6.83. The summed E-state index contributed by atoms with van der Waals surface area (Å²) in [7, 11) is 0. The second-order valence-electron chi connectivity index (χ2n) is 6.83. The van der Waals surface area contributed by atoms with Crippen LogP contribution < -0.4 is 10.6 Å². The average Bonchev–Trinajstić information content (AvgIpc) is 2.59. The monoisotopic (exact) mass is 369 g/mol. The van der Waals surface area contributed by atoms with E-state index in [4.69, 9.17) is 0 Å². The fourth-order valence-corrected chi connectivity index (χ4v) is 3.68. The van der Waals surface area contributed by atoms with E-state index in [0.29, 0.717) is 25.1 Å². The molecule has 138 valence electrons. The van der Waals surface area contributed by atoms with Gasteiger partial charge in [0, 0.05) is 31.6 Å². The topological polar surface area (TPSA) is 61.4 Å². The van der Waals surface area contributed by atoms with Gasteiger partial charge in [-0.1, -0.05) is 0 Å². The fraction of sp³-hybridized carbons (Fsp3) is 0.556. The van der Waals surface area contributed by atoms with E-state index in [9.17, 15) is 14.0 Å². The van der Waals surface area contributed by atoms with Crippen molar-refractivity contribution >= 4 is 24.2 Å². The molecule has 2 aliphatic heterocycles. The van der Waals surface area contributed by atoms with Crippen LogP contribution in [0.1, 0.15) is 36.0 Å². The Morgan fingerprint density at radius 2 is 1.88 bits per heavy atom. The molecule has 0 aliphatic carbocycles. The van der Waals surface area contributed by atoms with E-state index < -0.39 is 0 Å². The van der Waals surface area contributed by atoms with Gasteiger partial charge in [0.15, 0.2) is 0 Å². The molecule has 2 amide bonds. The van der Waals surface area contributed by atoms with Gasteiger partial charge < -0.3 is 15.5 Å². The van der Waals surface area contributed by atoms with Crippen LogP contribution in [0.2, 0.25) is 0 Å². The van der Waals surface area contributed by atoms with Crippen molar-refractivity contribution in [1.82, 2.24) is 15.5 Å². The van der Waals surface area contributed by atoms with Crippen molar-refractivity contribution in [3.63, 3.8) is 0 Å². The molecule has 2 heterocycles. The van der Waals surface area contributed by atoms with Gasteiger partial charge in [-0.2, -0.15) is 0 Å². The Morgan fingerprint density at radius 1 is 1.20 bits per heavy atom. The van der Waals surface area contributed by atoms with Gasteiger partial charge in [0.2, 0.25) is 5.91 Å². The highest BCUT2D eigenvalue weighted by Crippen LogP contribution is 2.38. The maximum Gasteiger partial charge on any atom is 0.251 e. The molecule has 0 atom stereocenters. The molecule has 2 saturated heterocycles. The number of carbonyl (C=O) groups excluding carboxylic acids is 2. The van der Waals surface area contributed by atoms with Crippen LogP contribution in [0.4, 0.5) is 4.39 Å². The lowest BCUT2D eigenvalue weighted by molar-refractivity contribution is -0.138. The first kappa shape index (κ1) is 19.7. The summed E-state index contributed by atoms with van der Waals surface area (Å²) < 4.78 is 12.9. The van der Waals surface area contributed by atoms with E-state index in [0.717, 1.165) is 38.9 Å².